The second-order valence-corrected chi connectivity index (χ2v) is 6.97. The molecule has 0 bridgehead atoms. The second-order valence-electron chi connectivity index (χ2n) is 6.97. The molecule has 0 aliphatic carbocycles. The van der Waals surface area contributed by atoms with E-state index < -0.39 is 11.8 Å². The summed E-state index contributed by atoms with van der Waals surface area (Å²) < 4.78 is 10.5. The minimum Gasteiger partial charge on any atom is -0.497 e. The van der Waals surface area contributed by atoms with E-state index in [1.54, 1.807) is 31.4 Å². The summed E-state index contributed by atoms with van der Waals surface area (Å²) in [6.45, 7) is 5.28. The molecule has 1 aliphatic rings. The first kappa shape index (κ1) is 20.8. The molecule has 2 amide bonds. The number of nitrogens with one attached hydrogen (secondary N) is 2. The number of aryl methyl sites for hydroxylation is 1. The van der Waals surface area contributed by atoms with Gasteiger partial charge in [-0.05, 0) is 36.8 Å². The lowest BCUT2D eigenvalue weighted by Gasteiger charge is -2.35. The maximum absolute atomic E-state index is 12.4. The van der Waals surface area contributed by atoms with Gasteiger partial charge in [-0.2, -0.15) is 0 Å². The normalized spacial score (nSPS) is 15.4. The Morgan fingerprint density at radius 3 is 2.31 bits per heavy atom. The molecule has 0 radical (unpaired) electrons. The smallest absolute Gasteiger partial charge is 0.313 e. The molecule has 1 aliphatic heterocycles. The van der Waals surface area contributed by atoms with Crippen LogP contribution < -0.4 is 15.4 Å². The number of methoxy groups -OCH3 is 1. The highest BCUT2D eigenvalue weighted by atomic mass is 16.5. The summed E-state index contributed by atoms with van der Waals surface area (Å²) >= 11 is 0. The Hall–Kier alpha value is -2.90. The quantitative estimate of drug-likeness (QED) is 0.730. The Balaban J connectivity index is 1.61. The van der Waals surface area contributed by atoms with E-state index in [1.165, 1.54) is 5.56 Å². The first-order chi connectivity index (χ1) is 14.1. The first-order valence-electron chi connectivity index (χ1n) is 9.68. The van der Waals surface area contributed by atoms with Gasteiger partial charge < -0.3 is 20.1 Å². The highest BCUT2D eigenvalue weighted by Gasteiger charge is 2.24. The van der Waals surface area contributed by atoms with E-state index in [0.29, 0.717) is 31.2 Å². The van der Waals surface area contributed by atoms with Gasteiger partial charge in [-0.25, -0.2) is 0 Å². The first-order valence-corrected chi connectivity index (χ1v) is 9.68. The Morgan fingerprint density at radius 2 is 1.69 bits per heavy atom. The van der Waals surface area contributed by atoms with Gasteiger partial charge in [0, 0.05) is 25.3 Å². The number of hydrogen-bond donors (Lipinski definition) is 2. The number of rotatable bonds is 6. The third kappa shape index (κ3) is 5.79. The Morgan fingerprint density at radius 1 is 1.03 bits per heavy atom. The molecule has 1 saturated heterocycles. The van der Waals surface area contributed by atoms with E-state index in [9.17, 15) is 9.59 Å². The molecular formula is C22H27N3O4. The van der Waals surface area contributed by atoms with Crippen LogP contribution in [0.3, 0.4) is 0 Å². The fourth-order valence-electron chi connectivity index (χ4n) is 3.27. The number of carbonyl (C=O) groups excluding carboxylic acids is 2. The van der Waals surface area contributed by atoms with Crippen LogP contribution in [0, 0.1) is 6.92 Å². The maximum atomic E-state index is 12.4. The summed E-state index contributed by atoms with van der Waals surface area (Å²) in [5.74, 6) is -0.676. The predicted octanol–water partition coefficient (Wildman–Crippen LogP) is 2.13. The lowest BCUT2D eigenvalue weighted by Crippen LogP contribution is -2.45. The summed E-state index contributed by atoms with van der Waals surface area (Å²) in [4.78, 5) is 26.9. The Labute approximate surface area is 171 Å². The van der Waals surface area contributed by atoms with Gasteiger partial charge in [0.25, 0.3) is 0 Å². The standard InChI is InChI=1S/C22H27N3O4/c1-16-3-5-17(6-4-16)20(25-11-13-29-14-12-25)15-23-21(26)22(27)24-18-7-9-19(28-2)10-8-18/h3-10,20H,11-15H2,1-2H3,(H,23,26)(H,24,27). The molecule has 1 atom stereocenters. The van der Waals surface area contributed by atoms with Crippen molar-refractivity contribution < 1.29 is 19.1 Å². The Bertz CT molecular complexity index is 815. The van der Waals surface area contributed by atoms with Crippen molar-refractivity contribution >= 4 is 17.5 Å². The zero-order valence-corrected chi connectivity index (χ0v) is 16.8. The van der Waals surface area contributed by atoms with Crippen molar-refractivity contribution in [1.29, 1.82) is 0 Å². The van der Waals surface area contributed by atoms with Crippen molar-refractivity contribution in [2.75, 3.05) is 45.3 Å². The minimum absolute atomic E-state index is 0.0164. The van der Waals surface area contributed by atoms with Crippen LogP contribution in [0.4, 0.5) is 5.69 Å². The number of nitrogens with zero attached hydrogens (tertiary/aromatic N) is 1. The number of benzene rings is 2. The van der Waals surface area contributed by atoms with Crippen LogP contribution in [-0.2, 0) is 14.3 Å². The monoisotopic (exact) mass is 397 g/mol. The average Bonchev–Trinajstić information content (AvgIpc) is 2.76. The van der Waals surface area contributed by atoms with Gasteiger partial charge in [0.15, 0.2) is 0 Å². The molecule has 7 nitrogen and oxygen atoms in total. The van der Waals surface area contributed by atoms with Crippen LogP contribution >= 0.6 is 0 Å². The van der Waals surface area contributed by atoms with Crippen LogP contribution in [0.15, 0.2) is 48.5 Å². The number of anilines is 1. The lowest BCUT2D eigenvalue weighted by molar-refractivity contribution is -0.136. The van der Waals surface area contributed by atoms with Crippen molar-refractivity contribution in [2.45, 2.75) is 13.0 Å². The summed E-state index contributed by atoms with van der Waals surface area (Å²) in [6, 6.07) is 15.1. The molecule has 2 aromatic rings. The van der Waals surface area contributed by atoms with E-state index in [2.05, 4.69) is 39.8 Å². The fraction of sp³-hybridized carbons (Fsp3) is 0.364. The van der Waals surface area contributed by atoms with Crippen molar-refractivity contribution in [1.82, 2.24) is 10.2 Å². The van der Waals surface area contributed by atoms with Gasteiger partial charge >= 0.3 is 11.8 Å². The predicted molar refractivity (Wildman–Crippen MR) is 111 cm³/mol. The number of carbonyl (C=O) groups is 2. The highest BCUT2D eigenvalue weighted by molar-refractivity contribution is 6.39. The molecule has 1 unspecified atom stereocenters. The summed E-state index contributed by atoms with van der Waals surface area (Å²) in [5, 5.41) is 5.38. The molecule has 2 N–H and O–H groups in total. The minimum atomic E-state index is -0.695. The zero-order chi connectivity index (χ0) is 20.6. The van der Waals surface area contributed by atoms with Gasteiger partial charge in [0.05, 0.1) is 26.4 Å². The van der Waals surface area contributed by atoms with Crippen LogP contribution in [0.1, 0.15) is 17.2 Å². The highest BCUT2D eigenvalue weighted by Crippen LogP contribution is 2.22. The maximum Gasteiger partial charge on any atom is 0.313 e. The van der Waals surface area contributed by atoms with E-state index in [1.807, 2.05) is 6.92 Å². The number of morpholine rings is 1. The van der Waals surface area contributed by atoms with Gasteiger partial charge in [0.1, 0.15) is 5.75 Å². The molecule has 0 aromatic heterocycles. The molecular weight excluding hydrogens is 370 g/mol. The SMILES string of the molecule is COc1ccc(NC(=O)C(=O)NCC(c2ccc(C)cc2)N2CCOCC2)cc1. The van der Waals surface area contributed by atoms with Crippen LogP contribution in [0.25, 0.3) is 0 Å². The molecule has 0 spiro atoms. The van der Waals surface area contributed by atoms with Gasteiger partial charge in [-0.15, -0.1) is 0 Å². The third-order valence-electron chi connectivity index (χ3n) is 4.96. The summed E-state index contributed by atoms with van der Waals surface area (Å²) in [5.41, 5.74) is 2.82. The summed E-state index contributed by atoms with van der Waals surface area (Å²) in [7, 11) is 1.57. The topological polar surface area (TPSA) is 79.9 Å². The number of amides is 2. The summed E-state index contributed by atoms with van der Waals surface area (Å²) in [6.07, 6.45) is 0. The molecule has 3 rings (SSSR count). The molecule has 7 heteroatoms. The Kier molecular flexibility index (Phi) is 7.21. The van der Waals surface area contributed by atoms with Gasteiger partial charge in [0.2, 0.25) is 0 Å². The average molecular weight is 397 g/mol. The molecule has 29 heavy (non-hydrogen) atoms. The molecule has 1 heterocycles. The van der Waals surface area contributed by atoms with Crippen molar-refractivity contribution in [3.63, 3.8) is 0 Å². The van der Waals surface area contributed by atoms with Gasteiger partial charge in [-0.3, -0.25) is 14.5 Å². The number of ether oxygens (including phenoxy) is 2. The van der Waals surface area contributed by atoms with Gasteiger partial charge in [-0.1, -0.05) is 29.8 Å². The van der Waals surface area contributed by atoms with E-state index in [0.717, 1.165) is 18.7 Å². The van der Waals surface area contributed by atoms with Crippen molar-refractivity contribution in [2.24, 2.45) is 0 Å². The molecule has 1 fully saturated rings. The number of hydrogen-bond acceptors (Lipinski definition) is 5. The molecule has 2 aromatic carbocycles. The zero-order valence-electron chi connectivity index (χ0n) is 16.8. The molecule has 0 saturated carbocycles. The molecule has 154 valence electrons. The van der Waals surface area contributed by atoms with Crippen LogP contribution in [0.2, 0.25) is 0 Å². The van der Waals surface area contributed by atoms with E-state index in [-0.39, 0.29) is 6.04 Å². The fourth-order valence-corrected chi connectivity index (χ4v) is 3.27. The van der Waals surface area contributed by atoms with Crippen molar-refractivity contribution in [3.8, 4) is 5.75 Å². The van der Waals surface area contributed by atoms with E-state index >= 15 is 0 Å². The van der Waals surface area contributed by atoms with Crippen LogP contribution in [-0.4, -0.2) is 56.7 Å². The van der Waals surface area contributed by atoms with Crippen LogP contribution in [0.5, 0.6) is 5.75 Å². The second kappa shape index (κ2) is 10.0. The van der Waals surface area contributed by atoms with Crippen molar-refractivity contribution in [3.05, 3.63) is 59.7 Å². The lowest BCUT2D eigenvalue weighted by atomic mass is 10.0. The largest absolute Gasteiger partial charge is 0.497 e. The third-order valence-corrected chi connectivity index (χ3v) is 4.96. The van der Waals surface area contributed by atoms with E-state index in [4.69, 9.17) is 9.47 Å².